The van der Waals surface area contributed by atoms with Crippen molar-refractivity contribution >= 4 is 0 Å². The second-order valence-corrected chi connectivity index (χ2v) is 5.23. The fourth-order valence-electron chi connectivity index (χ4n) is 2.34. The molecule has 1 aliphatic rings. The highest BCUT2D eigenvalue weighted by Crippen LogP contribution is 2.17. The number of nitrogens with one attached hydrogen (secondary N) is 1. The van der Waals surface area contributed by atoms with Gasteiger partial charge in [-0.3, -0.25) is 0 Å². The normalized spacial score (nSPS) is 22.1. The number of hydrogen-bond acceptors (Lipinski definition) is 3. The molecule has 1 rings (SSSR count). The first-order valence-electron chi connectivity index (χ1n) is 6.79. The van der Waals surface area contributed by atoms with Crippen molar-refractivity contribution < 1.29 is 5.11 Å². The molecule has 1 aliphatic heterocycles. The number of nitrogens with zero attached hydrogens (tertiary/aromatic N) is 1. The van der Waals surface area contributed by atoms with Crippen molar-refractivity contribution in [2.24, 2.45) is 5.92 Å². The van der Waals surface area contributed by atoms with Crippen LogP contribution in [-0.4, -0.2) is 48.8 Å². The smallest absolute Gasteiger partial charge is 0.0431 e. The topological polar surface area (TPSA) is 35.5 Å². The number of rotatable bonds is 8. The zero-order valence-corrected chi connectivity index (χ0v) is 10.9. The average molecular weight is 228 g/mol. The molecular formula is C13H28N2O. The molecule has 1 atom stereocenters. The van der Waals surface area contributed by atoms with Crippen LogP contribution in [0.5, 0.6) is 0 Å². The second-order valence-electron chi connectivity index (χ2n) is 5.23. The zero-order valence-electron chi connectivity index (χ0n) is 10.9. The van der Waals surface area contributed by atoms with Gasteiger partial charge in [0.1, 0.15) is 0 Å². The number of likely N-dealkylation sites (tertiary alicyclic amines) is 1. The lowest BCUT2D eigenvalue weighted by Gasteiger charge is -2.20. The maximum atomic E-state index is 8.65. The number of aliphatic hydroxyl groups is 1. The molecule has 0 saturated carbocycles. The first kappa shape index (κ1) is 13.9. The van der Waals surface area contributed by atoms with Gasteiger partial charge in [0, 0.05) is 19.2 Å². The van der Waals surface area contributed by atoms with Crippen LogP contribution in [0.3, 0.4) is 0 Å². The Balaban J connectivity index is 1.94. The fourth-order valence-corrected chi connectivity index (χ4v) is 2.34. The van der Waals surface area contributed by atoms with Crippen molar-refractivity contribution in [1.82, 2.24) is 10.2 Å². The summed E-state index contributed by atoms with van der Waals surface area (Å²) in [6.07, 6.45) is 4.64. The number of aliphatic hydroxyl groups excluding tert-OH is 1. The predicted octanol–water partition coefficient (Wildman–Crippen LogP) is 1.47. The summed E-state index contributed by atoms with van der Waals surface area (Å²) in [5.74, 6) is 0.847. The third-order valence-electron chi connectivity index (χ3n) is 3.49. The number of hydrogen-bond donors (Lipinski definition) is 2. The van der Waals surface area contributed by atoms with Crippen molar-refractivity contribution in [3.05, 3.63) is 0 Å². The maximum Gasteiger partial charge on any atom is 0.0431 e. The van der Waals surface area contributed by atoms with Gasteiger partial charge in [-0.1, -0.05) is 0 Å². The maximum absolute atomic E-state index is 8.65. The molecule has 1 unspecified atom stereocenters. The van der Waals surface area contributed by atoms with Gasteiger partial charge >= 0.3 is 0 Å². The Hall–Kier alpha value is -0.120. The minimum absolute atomic E-state index is 0.339. The fraction of sp³-hybridized carbons (Fsp3) is 1.00. The summed E-state index contributed by atoms with van der Waals surface area (Å²) in [5, 5.41) is 12.2. The molecule has 0 amide bonds. The van der Waals surface area contributed by atoms with E-state index in [9.17, 15) is 0 Å². The van der Waals surface area contributed by atoms with E-state index in [-0.39, 0.29) is 0 Å². The van der Waals surface area contributed by atoms with Gasteiger partial charge in [0.2, 0.25) is 0 Å². The van der Waals surface area contributed by atoms with Crippen LogP contribution in [0.15, 0.2) is 0 Å². The van der Waals surface area contributed by atoms with Crippen LogP contribution in [-0.2, 0) is 0 Å². The Morgan fingerprint density at radius 1 is 1.31 bits per heavy atom. The van der Waals surface area contributed by atoms with Crippen LogP contribution in [0.4, 0.5) is 0 Å². The first-order valence-corrected chi connectivity index (χ1v) is 6.79. The third-order valence-corrected chi connectivity index (χ3v) is 3.49. The van der Waals surface area contributed by atoms with Gasteiger partial charge in [0.15, 0.2) is 0 Å². The zero-order chi connectivity index (χ0) is 11.8. The quantitative estimate of drug-likeness (QED) is 0.618. The monoisotopic (exact) mass is 228 g/mol. The van der Waals surface area contributed by atoms with Crippen LogP contribution in [0.2, 0.25) is 0 Å². The number of unbranched alkanes of at least 4 members (excludes halogenated alkanes) is 2. The van der Waals surface area contributed by atoms with Gasteiger partial charge in [0.05, 0.1) is 0 Å². The molecule has 16 heavy (non-hydrogen) atoms. The Labute approximate surface area is 100 Å². The van der Waals surface area contributed by atoms with Crippen LogP contribution in [0.25, 0.3) is 0 Å². The van der Waals surface area contributed by atoms with Crippen molar-refractivity contribution in [2.45, 2.75) is 45.6 Å². The summed E-state index contributed by atoms with van der Waals surface area (Å²) in [5.41, 5.74) is 0. The van der Waals surface area contributed by atoms with E-state index < -0.39 is 0 Å². The highest BCUT2D eigenvalue weighted by Gasteiger charge is 2.23. The molecule has 0 aromatic carbocycles. The van der Waals surface area contributed by atoms with Gasteiger partial charge in [0.25, 0.3) is 0 Å². The second kappa shape index (κ2) is 8.04. The van der Waals surface area contributed by atoms with Crippen LogP contribution < -0.4 is 5.32 Å². The van der Waals surface area contributed by atoms with E-state index in [1.165, 1.54) is 32.5 Å². The molecule has 1 saturated heterocycles. The van der Waals surface area contributed by atoms with E-state index in [2.05, 4.69) is 24.1 Å². The summed E-state index contributed by atoms with van der Waals surface area (Å²) >= 11 is 0. The van der Waals surface area contributed by atoms with Gasteiger partial charge in [-0.25, -0.2) is 0 Å². The van der Waals surface area contributed by atoms with Crippen molar-refractivity contribution in [2.75, 3.05) is 32.8 Å². The Kier molecular flexibility index (Phi) is 7.01. The lowest BCUT2D eigenvalue weighted by Crippen LogP contribution is -2.30. The van der Waals surface area contributed by atoms with E-state index in [1.807, 2.05) is 0 Å². The van der Waals surface area contributed by atoms with Crippen LogP contribution >= 0.6 is 0 Å². The molecule has 0 aromatic rings. The molecule has 1 fully saturated rings. The van der Waals surface area contributed by atoms with E-state index >= 15 is 0 Å². The summed E-state index contributed by atoms with van der Waals surface area (Å²) in [7, 11) is 0. The molecule has 3 nitrogen and oxygen atoms in total. The molecule has 1 heterocycles. The largest absolute Gasteiger partial charge is 0.396 e. The van der Waals surface area contributed by atoms with Gasteiger partial charge in [-0.15, -0.1) is 0 Å². The van der Waals surface area contributed by atoms with Gasteiger partial charge in [-0.05, 0) is 65.1 Å². The molecular weight excluding hydrogens is 200 g/mol. The predicted molar refractivity (Wildman–Crippen MR) is 68.6 cm³/mol. The van der Waals surface area contributed by atoms with E-state index in [1.54, 1.807) is 0 Å². The summed E-state index contributed by atoms with van der Waals surface area (Å²) in [6.45, 7) is 9.72. The van der Waals surface area contributed by atoms with Crippen LogP contribution in [0, 0.1) is 5.92 Å². The summed E-state index contributed by atoms with van der Waals surface area (Å²) in [6, 6.07) is 0.703. The Bertz CT molecular complexity index is 173. The summed E-state index contributed by atoms with van der Waals surface area (Å²) in [4.78, 5) is 2.57. The van der Waals surface area contributed by atoms with Gasteiger partial charge in [-0.2, -0.15) is 0 Å². The van der Waals surface area contributed by atoms with Gasteiger partial charge < -0.3 is 15.3 Å². The molecule has 2 N–H and O–H groups in total. The lowest BCUT2D eigenvalue weighted by molar-refractivity contribution is 0.263. The molecule has 0 bridgehead atoms. The highest BCUT2D eigenvalue weighted by atomic mass is 16.2. The standard InChI is InChI=1S/C13H28N2O/c1-12(2)15-8-6-13(11-15)10-14-7-4-3-5-9-16/h12-14,16H,3-11H2,1-2H3. The van der Waals surface area contributed by atoms with Crippen LogP contribution in [0.1, 0.15) is 39.5 Å². The molecule has 0 aliphatic carbocycles. The van der Waals surface area contributed by atoms with Crippen molar-refractivity contribution in [1.29, 1.82) is 0 Å². The highest BCUT2D eigenvalue weighted by molar-refractivity contribution is 4.78. The molecule has 0 aromatic heterocycles. The summed E-state index contributed by atoms with van der Waals surface area (Å²) < 4.78 is 0. The van der Waals surface area contributed by atoms with E-state index in [0.717, 1.165) is 25.3 Å². The van der Waals surface area contributed by atoms with E-state index in [4.69, 9.17) is 5.11 Å². The first-order chi connectivity index (χ1) is 7.74. The van der Waals surface area contributed by atoms with E-state index in [0.29, 0.717) is 12.6 Å². The van der Waals surface area contributed by atoms with Crippen molar-refractivity contribution in [3.8, 4) is 0 Å². The van der Waals surface area contributed by atoms with Crippen molar-refractivity contribution in [3.63, 3.8) is 0 Å². The Morgan fingerprint density at radius 3 is 2.75 bits per heavy atom. The third kappa shape index (κ3) is 5.28. The lowest BCUT2D eigenvalue weighted by atomic mass is 10.1. The average Bonchev–Trinajstić information content (AvgIpc) is 2.72. The molecule has 3 heteroatoms. The molecule has 0 spiro atoms. The SMILES string of the molecule is CC(C)N1CCC(CNCCCCCO)C1. The minimum atomic E-state index is 0.339. The minimum Gasteiger partial charge on any atom is -0.396 e. The molecule has 96 valence electrons. The Morgan fingerprint density at radius 2 is 2.12 bits per heavy atom. The molecule has 0 radical (unpaired) electrons.